The molecule has 1 amide bonds. The van der Waals surface area contributed by atoms with Crippen LogP contribution in [0, 0.1) is 6.92 Å². The minimum atomic E-state index is -0.371. The van der Waals surface area contributed by atoms with Crippen LogP contribution in [0.3, 0.4) is 0 Å². The van der Waals surface area contributed by atoms with Crippen LogP contribution in [0.15, 0.2) is 27.6 Å². The minimum absolute atomic E-state index is 0.0629. The number of nitrogens with one attached hydrogen (secondary N) is 1. The van der Waals surface area contributed by atoms with E-state index in [2.05, 4.69) is 15.1 Å². The van der Waals surface area contributed by atoms with Gasteiger partial charge < -0.3 is 14.4 Å². The second-order valence-electron chi connectivity index (χ2n) is 4.50. The molecule has 1 aliphatic rings. The third kappa shape index (κ3) is 2.03. The molecule has 1 N–H and O–H groups in total. The van der Waals surface area contributed by atoms with E-state index in [0.29, 0.717) is 24.8 Å². The molecule has 0 bridgehead atoms. The van der Waals surface area contributed by atoms with Crippen molar-refractivity contribution in [1.82, 2.24) is 20.0 Å². The zero-order chi connectivity index (χ0) is 13.4. The van der Waals surface area contributed by atoms with Gasteiger partial charge >= 0.3 is 0 Å². The highest BCUT2D eigenvalue weighted by atomic mass is 16.5. The second kappa shape index (κ2) is 4.34. The van der Waals surface area contributed by atoms with E-state index in [1.807, 2.05) is 0 Å². The quantitative estimate of drug-likeness (QED) is 0.838. The summed E-state index contributed by atoms with van der Waals surface area (Å²) in [7, 11) is 0. The molecule has 3 rings (SSSR count). The molecule has 0 aromatic carbocycles. The number of carbonyl (C=O) groups excluding carboxylic acids is 1. The van der Waals surface area contributed by atoms with Crippen molar-refractivity contribution in [3.05, 3.63) is 46.0 Å². The number of nitrogens with zero attached hydrogens (tertiary/aromatic N) is 3. The zero-order valence-corrected chi connectivity index (χ0v) is 10.3. The molecule has 19 heavy (non-hydrogen) atoms. The van der Waals surface area contributed by atoms with Gasteiger partial charge in [0.15, 0.2) is 5.82 Å². The fourth-order valence-electron chi connectivity index (χ4n) is 2.04. The van der Waals surface area contributed by atoms with Crippen LogP contribution < -0.4 is 5.56 Å². The lowest BCUT2D eigenvalue weighted by molar-refractivity contribution is 0.0567. The maximum Gasteiger partial charge on any atom is 0.260 e. The van der Waals surface area contributed by atoms with Gasteiger partial charge in [-0.2, -0.15) is 4.98 Å². The van der Waals surface area contributed by atoms with E-state index in [0.717, 1.165) is 0 Å². The Morgan fingerprint density at radius 3 is 2.95 bits per heavy atom. The number of pyridine rings is 1. The van der Waals surface area contributed by atoms with Gasteiger partial charge in [-0.3, -0.25) is 9.59 Å². The fraction of sp³-hybridized carbons (Fsp3) is 0.333. The molecule has 7 heteroatoms. The molecule has 98 valence electrons. The average Bonchev–Trinajstić information content (AvgIpc) is 2.74. The van der Waals surface area contributed by atoms with Crippen molar-refractivity contribution in [3.63, 3.8) is 0 Å². The van der Waals surface area contributed by atoms with Gasteiger partial charge in [0.1, 0.15) is 5.56 Å². The van der Waals surface area contributed by atoms with Gasteiger partial charge in [-0.25, -0.2) is 0 Å². The summed E-state index contributed by atoms with van der Waals surface area (Å²) in [4.78, 5) is 31.8. The Balaban J connectivity index is 1.69. The van der Waals surface area contributed by atoms with Crippen LogP contribution in [-0.2, 0) is 0 Å². The first kappa shape index (κ1) is 11.6. The molecule has 0 saturated carbocycles. The van der Waals surface area contributed by atoms with Crippen LogP contribution >= 0.6 is 0 Å². The molecule has 3 heterocycles. The molecular formula is C12H12N4O3. The number of hydrogen-bond donors (Lipinski definition) is 1. The summed E-state index contributed by atoms with van der Waals surface area (Å²) < 4.78 is 5.06. The summed E-state index contributed by atoms with van der Waals surface area (Å²) in [5, 5.41) is 3.72. The zero-order valence-electron chi connectivity index (χ0n) is 10.3. The van der Waals surface area contributed by atoms with Gasteiger partial charge in [-0.05, 0) is 19.1 Å². The molecule has 0 unspecified atom stereocenters. The SMILES string of the molecule is Cc1noc(C2CN(C(=O)c3ccc[nH]c3=O)C2)n1. The van der Waals surface area contributed by atoms with Gasteiger partial charge in [0.05, 0.1) is 5.92 Å². The number of likely N-dealkylation sites (tertiary alicyclic amines) is 1. The van der Waals surface area contributed by atoms with Gasteiger partial charge in [0, 0.05) is 19.3 Å². The summed E-state index contributed by atoms with van der Waals surface area (Å²) in [6.45, 7) is 2.74. The molecule has 1 saturated heterocycles. The topological polar surface area (TPSA) is 92.1 Å². The van der Waals surface area contributed by atoms with Crippen LogP contribution in [-0.4, -0.2) is 39.0 Å². The van der Waals surface area contributed by atoms with E-state index >= 15 is 0 Å². The van der Waals surface area contributed by atoms with Crippen molar-refractivity contribution < 1.29 is 9.32 Å². The van der Waals surface area contributed by atoms with Crippen LogP contribution in [0.5, 0.6) is 0 Å². The summed E-state index contributed by atoms with van der Waals surface area (Å²) in [5.74, 6) is 0.921. The molecule has 0 atom stereocenters. The minimum Gasteiger partial charge on any atom is -0.339 e. The van der Waals surface area contributed by atoms with Crippen LogP contribution in [0.4, 0.5) is 0 Å². The number of amides is 1. The van der Waals surface area contributed by atoms with Crippen molar-refractivity contribution in [2.24, 2.45) is 0 Å². The Hall–Kier alpha value is -2.44. The van der Waals surface area contributed by atoms with Crippen molar-refractivity contribution >= 4 is 5.91 Å². The summed E-state index contributed by atoms with van der Waals surface area (Å²) in [5.41, 5.74) is -0.216. The lowest BCUT2D eigenvalue weighted by atomic mass is 9.99. The highest BCUT2D eigenvalue weighted by Gasteiger charge is 2.36. The number of carbonyl (C=O) groups is 1. The van der Waals surface area contributed by atoms with Crippen molar-refractivity contribution in [2.45, 2.75) is 12.8 Å². The van der Waals surface area contributed by atoms with Crippen LogP contribution in [0.1, 0.15) is 28.0 Å². The Kier molecular flexibility index (Phi) is 2.66. The Morgan fingerprint density at radius 2 is 2.32 bits per heavy atom. The summed E-state index contributed by atoms with van der Waals surface area (Å²) in [6.07, 6.45) is 1.50. The Labute approximate surface area is 108 Å². The average molecular weight is 260 g/mol. The highest BCUT2D eigenvalue weighted by Crippen LogP contribution is 2.26. The van der Waals surface area contributed by atoms with Crippen LogP contribution in [0.25, 0.3) is 0 Å². The van der Waals surface area contributed by atoms with Gasteiger partial charge in [0.25, 0.3) is 11.5 Å². The Morgan fingerprint density at radius 1 is 1.53 bits per heavy atom. The lowest BCUT2D eigenvalue weighted by Crippen LogP contribution is -2.49. The maximum absolute atomic E-state index is 12.1. The molecule has 0 aliphatic carbocycles. The number of rotatable bonds is 2. The molecule has 1 aliphatic heterocycles. The molecular weight excluding hydrogens is 248 g/mol. The van der Waals surface area contributed by atoms with E-state index in [4.69, 9.17) is 4.52 Å². The number of H-pyrrole nitrogens is 1. The highest BCUT2D eigenvalue weighted by molar-refractivity contribution is 5.94. The van der Waals surface area contributed by atoms with Gasteiger partial charge in [0.2, 0.25) is 5.89 Å². The Bertz CT molecular complexity index is 669. The smallest absolute Gasteiger partial charge is 0.260 e. The molecule has 0 radical (unpaired) electrons. The number of aromatic nitrogens is 3. The lowest BCUT2D eigenvalue weighted by Gasteiger charge is -2.36. The first-order valence-electron chi connectivity index (χ1n) is 5.92. The van der Waals surface area contributed by atoms with Crippen molar-refractivity contribution in [3.8, 4) is 0 Å². The maximum atomic E-state index is 12.1. The molecule has 0 spiro atoms. The standard InChI is InChI=1S/C12H12N4O3/c1-7-14-11(19-15-7)8-5-16(6-8)12(18)9-3-2-4-13-10(9)17/h2-4,8H,5-6H2,1H3,(H,13,17). The summed E-state index contributed by atoms with van der Waals surface area (Å²) in [6, 6.07) is 3.15. The second-order valence-corrected chi connectivity index (χ2v) is 4.50. The van der Waals surface area contributed by atoms with E-state index in [1.165, 1.54) is 12.3 Å². The monoisotopic (exact) mass is 260 g/mol. The number of aryl methyl sites for hydroxylation is 1. The number of hydrogen-bond acceptors (Lipinski definition) is 5. The first-order valence-corrected chi connectivity index (χ1v) is 5.92. The number of aromatic amines is 1. The third-order valence-corrected chi connectivity index (χ3v) is 3.11. The first-order chi connectivity index (χ1) is 9.15. The van der Waals surface area contributed by atoms with Crippen molar-refractivity contribution in [2.75, 3.05) is 13.1 Å². The van der Waals surface area contributed by atoms with Gasteiger partial charge in [-0.1, -0.05) is 5.16 Å². The van der Waals surface area contributed by atoms with Crippen molar-refractivity contribution in [1.29, 1.82) is 0 Å². The van der Waals surface area contributed by atoms with E-state index in [-0.39, 0.29) is 22.9 Å². The summed E-state index contributed by atoms with van der Waals surface area (Å²) >= 11 is 0. The fourth-order valence-corrected chi connectivity index (χ4v) is 2.04. The molecule has 1 fully saturated rings. The van der Waals surface area contributed by atoms with Gasteiger partial charge in [-0.15, -0.1) is 0 Å². The molecule has 2 aromatic heterocycles. The predicted octanol–water partition coefficient (Wildman–Crippen LogP) is 0.306. The predicted molar refractivity (Wildman–Crippen MR) is 64.7 cm³/mol. The van der Waals surface area contributed by atoms with E-state index < -0.39 is 0 Å². The molecule has 7 nitrogen and oxygen atoms in total. The normalized spacial score (nSPS) is 15.3. The van der Waals surface area contributed by atoms with E-state index in [9.17, 15) is 9.59 Å². The largest absolute Gasteiger partial charge is 0.339 e. The van der Waals surface area contributed by atoms with E-state index in [1.54, 1.807) is 17.9 Å². The molecule has 2 aromatic rings. The third-order valence-electron chi connectivity index (χ3n) is 3.11. The van der Waals surface area contributed by atoms with Crippen LogP contribution in [0.2, 0.25) is 0 Å².